The standard InChI is InChI=1S/C13H20FN3O2S/c1-10-9-16(2)7-4-8-17(10)20(18,19)12-6-3-5-11(14)13(12)15/h3,5-6,10H,4,7-9,15H2,1-2H3. The quantitative estimate of drug-likeness (QED) is 0.831. The van der Waals surface area contributed by atoms with E-state index < -0.39 is 15.8 Å². The molecule has 0 saturated carbocycles. The molecule has 1 aromatic carbocycles. The molecule has 1 unspecified atom stereocenters. The van der Waals surface area contributed by atoms with E-state index in [4.69, 9.17) is 5.73 Å². The van der Waals surface area contributed by atoms with Crippen molar-refractivity contribution in [3.8, 4) is 0 Å². The SMILES string of the molecule is CC1CN(C)CCCN1S(=O)(=O)c1cccc(F)c1N. The molecular formula is C13H20FN3O2S. The van der Waals surface area contributed by atoms with Gasteiger partial charge in [-0.05, 0) is 39.1 Å². The predicted octanol–water partition coefficient (Wildman–Crippen LogP) is 1.12. The molecule has 1 aliphatic rings. The second-order valence-corrected chi connectivity index (χ2v) is 7.09. The number of para-hydroxylation sites is 1. The zero-order valence-corrected chi connectivity index (χ0v) is 12.5. The highest BCUT2D eigenvalue weighted by molar-refractivity contribution is 7.89. The van der Waals surface area contributed by atoms with Gasteiger partial charge in [0.25, 0.3) is 0 Å². The molecule has 0 aromatic heterocycles. The molecule has 7 heteroatoms. The lowest BCUT2D eigenvalue weighted by Crippen LogP contribution is -2.42. The summed E-state index contributed by atoms with van der Waals surface area (Å²) >= 11 is 0. The van der Waals surface area contributed by atoms with Crippen LogP contribution in [0, 0.1) is 5.82 Å². The summed E-state index contributed by atoms with van der Waals surface area (Å²) in [5.74, 6) is -0.703. The zero-order chi connectivity index (χ0) is 14.9. The Labute approximate surface area is 119 Å². The number of rotatable bonds is 2. The monoisotopic (exact) mass is 301 g/mol. The third kappa shape index (κ3) is 2.79. The van der Waals surface area contributed by atoms with Crippen molar-refractivity contribution in [3.05, 3.63) is 24.0 Å². The van der Waals surface area contributed by atoms with Crippen molar-refractivity contribution in [2.75, 3.05) is 32.4 Å². The van der Waals surface area contributed by atoms with Crippen LogP contribution in [-0.2, 0) is 10.0 Å². The second-order valence-electron chi connectivity index (χ2n) is 5.23. The van der Waals surface area contributed by atoms with Crippen LogP contribution in [-0.4, -0.2) is 50.3 Å². The molecule has 1 saturated heterocycles. The van der Waals surface area contributed by atoms with Crippen LogP contribution < -0.4 is 5.73 Å². The van der Waals surface area contributed by atoms with Crippen LogP contribution in [0.15, 0.2) is 23.1 Å². The number of hydrogen-bond donors (Lipinski definition) is 1. The van der Waals surface area contributed by atoms with Gasteiger partial charge in [-0.25, -0.2) is 12.8 Å². The fourth-order valence-electron chi connectivity index (χ4n) is 2.58. The van der Waals surface area contributed by atoms with Gasteiger partial charge >= 0.3 is 0 Å². The Bertz CT molecular complexity index is 591. The Morgan fingerprint density at radius 3 is 2.75 bits per heavy atom. The van der Waals surface area contributed by atoms with E-state index in [2.05, 4.69) is 4.90 Å². The lowest BCUT2D eigenvalue weighted by molar-refractivity contribution is 0.290. The van der Waals surface area contributed by atoms with Crippen molar-refractivity contribution in [1.82, 2.24) is 9.21 Å². The van der Waals surface area contributed by atoms with Gasteiger partial charge in [-0.15, -0.1) is 0 Å². The van der Waals surface area contributed by atoms with Gasteiger partial charge in [-0.2, -0.15) is 4.31 Å². The summed E-state index contributed by atoms with van der Waals surface area (Å²) in [7, 11) is -1.81. The number of likely N-dealkylation sites (N-methyl/N-ethyl adjacent to an activating group) is 1. The molecule has 1 heterocycles. The van der Waals surface area contributed by atoms with E-state index in [-0.39, 0.29) is 16.6 Å². The molecule has 2 N–H and O–H groups in total. The molecule has 2 rings (SSSR count). The van der Waals surface area contributed by atoms with E-state index in [0.29, 0.717) is 13.1 Å². The van der Waals surface area contributed by atoms with Gasteiger partial charge in [-0.3, -0.25) is 0 Å². The van der Waals surface area contributed by atoms with Crippen LogP contribution in [0.1, 0.15) is 13.3 Å². The van der Waals surface area contributed by atoms with E-state index >= 15 is 0 Å². The molecule has 5 nitrogen and oxygen atoms in total. The molecular weight excluding hydrogens is 281 g/mol. The number of nitrogens with zero attached hydrogens (tertiary/aromatic N) is 2. The maximum atomic E-state index is 13.5. The molecule has 1 aromatic rings. The fourth-order valence-corrected chi connectivity index (χ4v) is 4.36. The number of anilines is 1. The minimum Gasteiger partial charge on any atom is -0.395 e. The van der Waals surface area contributed by atoms with Crippen molar-refractivity contribution in [1.29, 1.82) is 0 Å². The molecule has 0 radical (unpaired) electrons. The summed E-state index contributed by atoms with van der Waals surface area (Å²) in [6, 6.07) is 3.71. The van der Waals surface area contributed by atoms with Gasteiger partial charge in [-0.1, -0.05) is 6.07 Å². The van der Waals surface area contributed by atoms with E-state index in [1.165, 1.54) is 16.4 Å². The van der Waals surface area contributed by atoms with Gasteiger partial charge < -0.3 is 10.6 Å². The maximum Gasteiger partial charge on any atom is 0.245 e. The molecule has 0 aliphatic carbocycles. The molecule has 0 amide bonds. The third-order valence-corrected chi connectivity index (χ3v) is 5.66. The van der Waals surface area contributed by atoms with Gasteiger partial charge in [0.1, 0.15) is 10.7 Å². The van der Waals surface area contributed by atoms with Crippen molar-refractivity contribution >= 4 is 15.7 Å². The Morgan fingerprint density at radius 2 is 2.05 bits per heavy atom. The van der Waals surface area contributed by atoms with E-state index in [0.717, 1.165) is 19.0 Å². The summed E-state index contributed by atoms with van der Waals surface area (Å²) in [6.07, 6.45) is 0.745. The first-order valence-corrected chi connectivity index (χ1v) is 8.02. The van der Waals surface area contributed by atoms with E-state index in [1.807, 2.05) is 14.0 Å². The maximum absolute atomic E-state index is 13.5. The van der Waals surface area contributed by atoms with Gasteiger partial charge in [0.05, 0.1) is 5.69 Å². The largest absolute Gasteiger partial charge is 0.395 e. The first-order valence-electron chi connectivity index (χ1n) is 6.58. The minimum absolute atomic E-state index is 0.145. The molecule has 1 atom stereocenters. The minimum atomic E-state index is -3.77. The highest BCUT2D eigenvalue weighted by Gasteiger charge is 2.32. The van der Waals surface area contributed by atoms with E-state index in [1.54, 1.807) is 0 Å². The summed E-state index contributed by atoms with van der Waals surface area (Å²) in [5, 5.41) is 0. The average Bonchev–Trinajstić information content (AvgIpc) is 2.53. The number of sulfonamides is 1. The van der Waals surface area contributed by atoms with Crippen molar-refractivity contribution < 1.29 is 12.8 Å². The second kappa shape index (κ2) is 5.67. The smallest absolute Gasteiger partial charge is 0.245 e. The summed E-state index contributed by atoms with van der Waals surface area (Å²) in [6.45, 7) is 3.77. The molecule has 0 bridgehead atoms. The van der Waals surface area contributed by atoms with Crippen molar-refractivity contribution in [3.63, 3.8) is 0 Å². The Hall–Kier alpha value is -1.18. The Kier molecular flexibility index (Phi) is 4.31. The number of nitrogens with two attached hydrogens (primary N) is 1. The van der Waals surface area contributed by atoms with Crippen LogP contribution in [0.4, 0.5) is 10.1 Å². The van der Waals surface area contributed by atoms with Gasteiger partial charge in [0.15, 0.2) is 0 Å². The van der Waals surface area contributed by atoms with Crippen LogP contribution >= 0.6 is 0 Å². The van der Waals surface area contributed by atoms with Crippen LogP contribution in [0.25, 0.3) is 0 Å². The topological polar surface area (TPSA) is 66.6 Å². The lowest BCUT2D eigenvalue weighted by Gasteiger charge is -2.27. The molecule has 1 fully saturated rings. The molecule has 0 spiro atoms. The van der Waals surface area contributed by atoms with Crippen LogP contribution in [0.3, 0.4) is 0 Å². The molecule has 20 heavy (non-hydrogen) atoms. The third-order valence-electron chi connectivity index (χ3n) is 3.59. The van der Waals surface area contributed by atoms with Gasteiger partial charge in [0.2, 0.25) is 10.0 Å². The van der Waals surface area contributed by atoms with Crippen LogP contribution in [0.5, 0.6) is 0 Å². The lowest BCUT2D eigenvalue weighted by atomic mass is 10.3. The fraction of sp³-hybridized carbons (Fsp3) is 0.538. The highest BCUT2D eigenvalue weighted by atomic mass is 32.2. The zero-order valence-electron chi connectivity index (χ0n) is 11.7. The number of nitrogen functional groups attached to an aromatic ring is 1. The molecule has 1 aliphatic heterocycles. The summed E-state index contributed by atoms with van der Waals surface area (Å²) in [4.78, 5) is 1.95. The highest BCUT2D eigenvalue weighted by Crippen LogP contribution is 2.27. The van der Waals surface area contributed by atoms with Crippen molar-refractivity contribution in [2.24, 2.45) is 0 Å². The number of hydrogen-bond acceptors (Lipinski definition) is 4. The summed E-state index contributed by atoms with van der Waals surface area (Å²) < 4.78 is 40.3. The average molecular weight is 301 g/mol. The Balaban J connectivity index is 2.41. The van der Waals surface area contributed by atoms with E-state index in [9.17, 15) is 12.8 Å². The first-order chi connectivity index (χ1) is 9.34. The first kappa shape index (κ1) is 15.2. The predicted molar refractivity (Wildman–Crippen MR) is 76.3 cm³/mol. The number of benzene rings is 1. The Morgan fingerprint density at radius 1 is 1.35 bits per heavy atom. The number of halogens is 1. The van der Waals surface area contributed by atoms with Crippen molar-refractivity contribution in [2.45, 2.75) is 24.3 Å². The van der Waals surface area contributed by atoms with Crippen LogP contribution in [0.2, 0.25) is 0 Å². The summed E-state index contributed by atoms with van der Waals surface area (Å²) in [5.41, 5.74) is 5.29. The van der Waals surface area contributed by atoms with Gasteiger partial charge in [0, 0.05) is 19.1 Å². The normalized spacial score (nSPS) is 22.6. The molecule has 112 valence electrons.